The monoisotopic (exact) mass is 550 g/mol. The molecule has 4 heterocycles. The Morgan fingerprint density at radius 1 is 1.02 bits per heavy atom. The standard InChI is InChI=1S/C32H42N2O6/c1-4-22(3)24(21-35)34-27-29(37)33(20-23-14-9-8-10-15-23)18-13-17-32(27)25(28(34)36)26-30(38)39-19-12-7-6-11-16-31(26,5-2)40-32/h8-11,13-17,22,24-27,35H,4-7,12,18-21H2,1-3H3/b16-11-/t22-,24-,25-,26+,27?,31-,32-/m0/s1. The van der Waals surface area contributed by atoms with E-state index in [0.29, 0.717) is 25.9 Å². The normalized spacial score (nSPS) is 34.4. The Balaban J connectivity index is 1.66. The molecule has 0 bridgehead atoms. The van der Waals surface area contributed by atoms with E-state index in [2.05, 4.69) is 0 Å². The van der Waals surface area contributed by atoms with E-state index in [1.54, 1.807) is 9.80 Å². The van der Waals surface area contributed by atoms with Gasteiger partial charge in [-0.05, 0) is 37.2 Å². The van der Waals surface area contributed by atoms with Crippen LogP contribution in [-0.4, -0.2) is 75.7 Å². The zero-order chi connectivity index (χ0) is 28.5. The van der Waals surface area contributed by atoms with Crippen molar-refractivity contribution in [3.05, 3.63) is 60.2 Å². The van der Waals surface area contributed by atoms with Gasteiger partial charge in [0.15, 0.2) is 0 Å². The van der Waals surface area contributed by atoms with Crippen molar-refractivity contribution in [1.82, 2.24) is 9.80 Å². The number of hydrogen-bond donors (Lipinski definition) is 1. The summed E-state index contributed by atoms with van der Waals surface area (Å²) in [6.07, 6.45) is 11.4. The number of carbonyl (C=O) groups is 3. The van der Waals surface area contributed by atoms with Crippen molar-refractivity contribution in [2.75, 3.05) is 19.8 Å². The molecule has 2 fully saturated rings. The van der Waals surface area contributed by atoms with Gasteiger partial charge >= 0.3 is 5.97 Å². The fraction of sp³-hybridized carbons (Fsp3) is 0.594. The second-order valence-corrected chi connectivity index (χ2v) is 11.7. The van der Waals surface area contributed by atoms with Crippen molar-refractivity contribution in [2.24, 2.45) is 17.8 Å². The highest BCUT2D eigenvalue weighted by molar-refractivity contribution is 5.99. The van der Waals surface area contributed by atoms with Crippen LogP contribution in [0.5, 0.6) is 0 Å². The molecule has 4 aliphatic rings. The average molecular weight is 551 g/mol. The number of esters is 1. The van der Waals surface area contributed by atoms with Gasteiger partial charge in [0.25, 0.3) is 0 Å². The molecule has 8 heteroatoms. The Bertz CT molecular complexity index is 1170. The lowest BCUT2D eigenvalue weighted by Gasteiger charge is -2.42. The lowest BCUT2D eigenvalue weighted by Crippen LogP contribution is -2.59. The van der Waals surface area contributed by atoms with Crippen LogP contribution in [0, 0.1) is 17.8 Å². The fourth-order valence-corrected chi connectivity index (χ4v) is 7.14. The zero-order valence-electron chi connectivity index (χ0n) is 23.8. The molecule has 0 aromatic heterocycles. The quantitative estimate of drug-likeness (QED) is 0.412. The van der Waals surface area contributed by atoms with Crippen molar-refractivity contribution in [2.45, 2.75) is 82.7 Å². The van der Waals surface area contributed by atoms with Gasteiger partial charge in [0.2, 0.25) is 11.8 Å². The van der Waals surface area contributed by atoms with Gasteiger partial charge in [0, 0.05) is 13.1 Å². The van der Waals surface area contributed by atoms with Crippen molar-refractivity contribution in [1.29, 1.82) is 0 Å². The molecule has 0 radical (unpaired) electrons. The summed E-state index contributed by atoms with van der Waals surface area (Å²) in [6, 6.07) is 8.15. The number of rotatable bonds is 7. The first kappa shape index (κ1) is 28.6. The molecule has 40 heavy (non-hydrogen) atoms. The number of likely N-dealkylation sites (tertiary alicyclic amines) is 1. The molecule has 2 saturated heterocycles. The number of cyclic esters (lactones) is 1. The van der Waals surface area contributed by atoms with Crippen LogP contribution in [0.15, 0.2) is 54.6 Å². The largest absolute Gasteiger partial charge is 0.465 e. The second-order valence-electron chi connectivity index (χ2n) is 11.7. The van der Waals surface area contributed by atoms with Crippen molar-refractivity contribution >= 4 is 17.8 Å². The van der Waals surface area contributed by atoms with Gasteiger partial charge in [-0.1, -0.05) is 81.8 Å². The van der Waals surface area contributed by atoms with Crippen molar-refractivity contribution in [3.63, 3.8) is 0 Å². The van der Waals surface area contributed by atoms with Crippen LogP contribution in [0.3, 0.4) is 0 Å². The summed E-state index contributed by atoms with van der Waals surface area (Å²) in [5, 5.41) is 10.6. The van der Waals surface area contributed by atoms with Gasteiger partial charge in [-0.15, -0.1) is 0 Å². The van der Waals surface area contributed by atoms with E-state index in [1.165, 1.54) is 0 Å². The summed E-state index contributed by atoms with van der Waals surface area (Å²) in [6.45, 7) is 6.65. The lowest BCUT2D eigenvalue weighted by atomic mass is 9.73. The first-order chi connectivity index (χ1) is 19.3. The molecular formula is C32H42N2O6. The molecule has 1 spiro atoms. The Morgan fingerprint density at radius 3 is 2.50 bits per heavy atom. The van der Waals surface area contributed by atoms with E-state index >= 15 is 0 Å². The first-order valence-electron chi connectivity index (χ1n) is 14.8. The second kappa shape index (κ2) is 11.5. The molecule has 2 amide bonds. The minimum absolute atomic E-state index is 0.0701. The molecule has 0 aliphatic carbocycles. The predicted molar refractivity (Wildman–Crippen MR) is 150 cm³/mol. The predicted octanol–water partition coefficient (Wildman–Crippen LogP) is 3.64. The third-order valence-corrected chi connectivity index (χ3v) is 9.47. The number of amides is 2. The molecule has 1 unspecified atom stereocenters. The number of carbonyl (C=O) groups excluding carboxylic acids is 3. The van der Waals surface area contributed by atoms with Crippen LogP contribution in [0.25, 0.3) is 0 Å². The maximum atomic E-state index is 14.6. The van der Waals surface area contributed by atoms with Crippen LogP contribution in [0.2, 0.25) is 0 Å². The van der Waals surface area contributed by atoms with Gasteiger partial charge < -0.3 is 24.4 Å². The summed E-state index contributed by atoms with van der Waals surface area (Å²) >= 11 is 0. The molecule has 0 saturated carbocycles. The van der Waals surface area contributed by atoms with E-state index in [9.17, 15) is 19.5 Å². The maximum Gasteiger partial charge on any atom is 0.313 e. The number of fused-ring (bicyclic) bond motifs is 2. The number of aliphatic hydroxyl groups excluding tert-OH is 1. The minimum Gasteiger partial charge on any atom is -0.465 e. The van der Waals surface area contributed by atoms with E-state index < -0.39 is 41.1 Å². The first-order valence-corrected chi connectivity index (χ1v) is 14.8. The van der Waals surface area contributed by atoms with Crippen LogP contribution in [-0.2, 0) is 30.4 Å². The van der Waals surface area contributed by atoms with Crippen LogP contribution >= 0.6 is 0 Å². The van der Waals surface area contributed by atoms with Crippen molar-refractivity contribution in [3.8, 4) is 0 Å². The Labute approximate surface area is 237 Å². The van der Waals surface area contributed by atoms with E-state index in [-0.39, 0.29) is 30.9 Å². The zero-order valence-corrected chi connectivity index (χ0v) is 23.8. The van der Waals surface area contributed by atoms with Gasteiger partial charge in [-0.25, -0.2) is 0 Å². The molecule has 4 aliphatic heterocycles. The van der Waals surface area contributed by atoms with Crippen LogP contribution in [0.1, 0.15) is 58.4 Å². The topological polar surface area (TPSA) is 96.4 Å². The SMILES string of the molecule is CC[C@H](C)[C@H](CO)N1C(=O)[C@@H]2[C@@H]3C(=O)OCCCC/C=C\[C@]3(CC)O[C@@]23C=CCN(Cc2ccccc2)C(=O)C13. The Morgan fingerprint density at radius 2 is 1.80 bits per heavy atom. The fourth-order valence-electron chi connectivity index (χ4n) is 7.14. The van der Waals surface area contributed by atoms with Crippen LogP contribution in [0.4, 0.5) is 0 Å². The maximum absolute atomic E-state index is 14.6. The minimum atomic E-state index is -1.36. The molecular weight excluding hydrogens is 508 g/mol. The van der Waals surface area contributed by atoms with Crippen molar-refractivity contribution < 1.29 is 29.0 Å². The van der Waals surface area contributed by atoms with Gasteiger partial charge in [-0.2, -0.15) is 0 Å². The summed E-state index contributed by atoms with van der Waals surface area (Å²) in [5.41, 5.74) is -1.46. The highest BCUT2D eigenvalue weighted by Gasteiger charge is 2.76. The molecule has 1 aromatic carbocycles. The summed E-state index contributed by atoms with van der Waals surface area (Å²) in [4.78, 5) is 46.3. The van der Waals surface area contributed by atoms with Crippen LogP contribution < -0.4 is 0 Å². The summed E-state index contributed by atoms with van der Waals surface area (Å²) in [7, 11) is 0. The number of aliphatic hydroxyl groups is 1. The van der Waals surface area contributed by atoms with E-state index in [1.807, 2.05) is 75.4 Å². The molecule has 216 valence electrons. The number of allylic oxidation sites excluding steroid dienone is 1. The van der Waals surface area contributed by atoms with E-state index in [0.717, 1.165) is 24.8 Å². The van der Waals surface area contributed by atoms with E-state index in [4.69, 9.17) is 9.47 Å². The number of hydrogen-bond acceptors (Lipinski definition) is 6. The molecule has 7 atom stereocenters. The van der Waals surface area contributed by atoms with Gasteiger partial charge in [0.05, 0.1) is 25.2 Å². The average Bonchev–Trinajstić information content (AvgIpc) is 3.33. The van der Waals surface area contributed by atoms with Gasteiger partial charge in [-0.3, -0.25) is 14.4 Å². The highest BCUT2D eigenvalue weighted by atomic mass is 16.6. The molecule has 1 aromatic rings. The summed E-state index contributed by atoms with van der Waals surface area (Å²) < 4.78 is 12.8. The Hall–Kier alpha value is -2.97. The Kier molecular flexibility index (Phi) is 8.20. The molecule has 8 nitrogen and oxygen atoms in total. The smallest absolute Gasteiger partial charge is 0.313 e. The summed E-state index contributed by atoms with van der Waals surface area (Å²) in [5.74, 6) is -2.94. The molecule has 1 N–H and O–H groups in total. The third kappa shape index (κ3) is 4.59. The van der Waals surface area contributed by atoms with Gasteiger partial charge in [0.1, 0.15) is 23.2 Å². The number of ether oxygens (including phenoxy) is 2. The molecule has 5 rings (SSSR count). The number of benzene rings is 1. The third-order valence-electron chi connectivity index (χ3n) is 9.47. The highest BCUT2D eigenvalue weighted by Crippen LogP contribution is 2.58. The lowest BCUT2D eigenvalue weighted by molar-refractivity contribution is -0.164. The number of nitrogens with zero attached hydrogens (tertiary/aromatic N) is 2.